The maximum absolute atomic E-state index is 6.20. The lowest BCUT2D eigenvalue weighted by Crippen LogP contribution is -2.55. The van der Waals surface area contributed by atoms with E-state index in [0.717, 1.165) is 6.42 Å². The molecule has 1 aliphatic carbocycles. The van der Waals surface area contributed by atoms with E-state index in [0.29, 0.717) is 5.92 Å². The van der Waals surface area contributed by atoms with Crippen LogP contribution in [0.15, 0.2) is 24.3 Å². The van der Waals surface area contributed by atoms with E-state index in [4.69, 9.17) is 23.7 Å². The molecule has 3 fully saturated rings. The number of rotatable bonds is 2. The molecule has 0 saturated carbocycles. The molecule has 0 aromatic rings. The van der Waals surface area contributed by atoms with Crippen LogP contribution in [-0.4, -0.2) is 42.3 Å². The molecule has 0 aromatic heterocycles. The summed E-state index contributed by atoms with van der Waals surface area (Å²) in [5.74, 6) is -0.897. The average Bonchev–Trinajstić information content (AvgIpc) is 3.06. The number of allylic oxidation sites excluding steroid dienone is 4. The number of hydrogen-bond acceptors (Lipinski definition) is 5. The Kier molecular flexibility index (Phi) is 3.30. The normalized spacial score (nSPS) is 45.2. The number of ether oxygens (including phenoxy) is 5. The SMILES string of the molecule is CC1(C)O[C@H]2[C@@H](O1)[C@@H](CC1C=CC=C1)O[C@@H]1OC(C)(C)O[C@@H]12. The van der Waals surface area contributed by atoms with Gasteiger partial charge in [-0.3, -0.25) is 0 Å². The van der Waals surface area contributed by atoms with Crippen LogP contribution in [0, 0.1) is 5.92 Å². The summed E-state index contributed by atoms with van der Waals surface area (Å²) in [6.07, 6.45) is 8.38. The van der Waals surface area contributed by atoms with Crippen LogP contribution in [0.1, 0.15) is 34.1 Å². The van der Waals surface area contributed by atoms with Gasteiger partial charge in [-0.05, 0) is 40.0 Å². The first-order chi connectivity index (χ1) is 10.3. The van der Waals surface area contributed by atoms with Gasteiger partial charge in [0.25, 0.3) is 0 Å². The van der Waals surface area contributed by atoms with E-state index < -0.39 is 17.9 Å². The maximum atomic E-state index is 6.20. The molecule has 5 nitrogen and oxygen atoms in total. The molecule has 4 rings (SSSR count). The van der Waals surface area contributed by atoms with Crippen molar-refractivity contribution in [3.05, 3.63) is 24.3 Å². The minimum atomic E-state index is -0.655. The van der Waals surface area contributed by atoms with E-state index in [-0.39, 0.29) is 24.4 Å². The Bertz CT molecular complexity index is 497. The fourth-order valence-electron chi connectivity index (χ4n) is 3.79. The Morgan fingerprint density at radius 2 is 1.36 bits per heavy atom. The van der Waals surface area contributed by atoms with Crippen molar-refractivity contribution in [2.45, 2.75) is 76.4 Å². The number of fused-ring (bicyclic) bond motifs is 3. The highest BCUT2D eigenvalue weighted by atomic mass is 16.9. The third-order valence-corrected chi connectivity index (χ3v) is 4.58. The Balaban J connectivity index is 1.58. The van der Waals surface area contributed by atoms with Crippen LogP contribution >= 0.6 is 0 Å². The van der Waals surface area contributed by atoms with Crippen LogP contribution in [0.5, 0.6) is 0 Å². The van der Waals surface area contributed by atoms with E-state index in [1.54, 1.807) is 0 Å². The molecule has 5 atom stereocenters. The van der Waals surface area contributed by atoms with Crippen molar-refractivity contribution in [2.75, 3.05) is 0 Å². The molecule has 4 aliphatic rings. The maximum Gasteiger partial charge on any atom is 0.190 e. The summed E-state index contributed by atoms with van der Waals surface area (Å²) >= 11 is 0. The van der Waals surface area contributed by atoms with Gasteiger partial charge in [-0.1, -0.05) is 24.3 Å². The zero-order chi connectivity index (χ0) is 15.5. The molecule has 3 aliphatic heterocycles. The van der Waals surface area contributed by atoms with Crippen LogP contribution in [0.3, 0.4) is 0 Å². The molecule has 0 aromatic carbocycles. The molecule has 122 valence electrons. The zero-order valence-corrected chi connectivity index (χ0v) is 13.5. The summed E-state index contributed by atoms with van der Waals surface area (Å²) in [5, 5.41) is 0. The quantitative estimate of drug-likeness (QED) is 0.784. The van der Waals surface area contributed by atoms with Gasteiger partial charge in [-0.15, -0.1) is 0 Å². The molecule has 0 unspecified atom stereocenters. The summed E-state index contributed by atoms with van der Waals surface area (Å²) in [6, 6.07) is 0. The highest BCUT2D eigenvalue weighted by Crippen LogP contribution is 2.45. The van der Waals surface area contributed by atoms with Crippen LogP contribution in [-0.2, 0) is 23.7 Å². The topological polar surface area (TPSA) is 46.2 Å². The molecule has 0 bridgehead atoms. The highest BCUT2D eigenvalue weighted by Gasteiger charge is 2.60. The van der Waals surface area contributed by atoms with Gasteiger partial charge in [0.1, 0.15) is 18.3 Å². The summed E-state index contributed by atoms with van der Waals surface area (Å²) in [6.45, 7) is 7.69. The monoisotopic (exact) mass is 308 g/mol. The first-order valence-corrected chi connectivity index (χ1v) is 8.05. The predicted octanol–water partition coefficient (Wildman–Crippen LogP) is 2.52. The first-order valence-electron chi connectivity index (χ1n) is 8.05. The van der Waals surface area contributed by atoms with Crippen LogP contribution in [0.4, 0.5) is 0 Å². The van der Waals surface area contributed by atoms with Gasteiger partial charge in [-0.25, -0.2) is 0 Å². The van der Waals surface area contributed by atoms with Gasteiger partial charge < -0.3 is 23.7 Å². The molecule has 0 N–H and O–H groups in total. The first kappa shape index (κ1) is 14.8. The zero-order valence-electron chi connectivity index (χ0n) is 13.5. The van der Waals surface area contributed by atoms with Gasteiger partial charge in [0.05, 0.1) is 6.10 Å². The molecule has 3 heterocycles. The minimum absolute atomic E-state index is 0.0667. The molecular weight excluding hydrogens is 284 g/mol. The molecule has 5 heteroatoms. The molecule has 22 heavy (non-hydrogen) atoms. The van der Waals surface area contributed by atoms with E-state index in [1.807, 2.05) is 27.7 Å². The van der Waals surface area contributed by atoms with Crippen molar-refractivity contribution in [1.29, 1.82) is 0 Å². The van der Waals surface area contributed by atoms with Gasteiger partial charge in [0, 0.05) is 0 Å². The largest absolute Gasteiger partial charge is 0.344 e. The van der Waals surface area contributed by atoms with E-state index in [2.05, 4.69) is 24.3 Å². The molecule has 0 spiro atoms. The lowest BCUT2D eigenvalue weighted by Gasteiger charge is -2.38. The van der Waals surface area contributed by atoms with E-state index in [1.165, 1.54) is 0 Å². The third-order valence-electron chi connectivity index (χ3n) is 4.58. The van der Waals surface area contributed by atoms with Crippen molar-refractivity contribution in [3.8, 4) is 0 Å². The van der Waals surface area contributed by atoms with E-state index in [9.17, 15) is 0 Å². The predicted molar refractivity (Wildman–Crippen MR) is 78.9 cm³/mol. The molecule has 0 amide bonds. The molecule has 3 saturated heterocycles. The van der Waals surface area contributed by atoms with Crippen molar-refractivity contribution in [3.63, 3.8) is 0 Å². The molecular formula is C17H24O5. The smallest absolute Gasteiger partial charge is 0.190 e. The number of hydrogen-bond donors (Lipinski definition) is 0. The minimum Gasteiger partial charge on any atom is -0.344 e. The van der Waals surface area contributed by atoms with Crippen molar-refractivity contribution < 1.29 is 23.7 Å². The fourth-order valence-corrected chi connectivity index (χ4v) is 3.79. The van der Waals surface area contributed by atoms with Crippen molar-refractivity contribution >= 4 is 0 Å². The van der Waals surface area contributed by atoms with Crippen LogP contribution < -0.4 is 0 Å². The lowest BCUT2D eigenvalue weighted by atomic mass is 9.92. The standard InChI is InChI=1S/C17H24O5/c1-16(2)19-12-11(9-10-7-5-6-8-10)18-15-14(13(12)20-16)21-17(3,4)22-15/h5-8,10-15H,9H2,1-4H3/t11-,12+,13+,14-,15-/m1/s1. The average molecular weight is 308 g/mol. The van der Waals surface area contributed by atoms with Crippen LogP contribution in [0.25, 0.3) is 0 Å². The Labute approximate surface area is 131 Å². The Morgan fingerprint density at radius 1 is 0.773 bits per heavy atom. The third kappa shape index (κ3) is 2.55. The van der Waals surface area contributed by atoms with E-state index >= 15 is 0 Å². The second-order valence-corrected chi connectivity index (χ2v) is 7.38. The Hall–Kier alpha value is -0.720. The molecule has 0 radical (unpaired) electrons. The van der Waals surface area contributed by atoms with Crippen molar-refractivity contribution in [1.82, 2.24) is 0 Å². The Morgan fingerprint density at radius 3 is 2.09 bits per heavy atom. The van der Waals surface area contributed by atoms with Gasteiger partial charge in [-0.2, -0.15) is 0 Å². The van der Waals surface area contributed by atoms with Gasteiger partial charge in [0.15, 0.2) is 17.9 Å². The summed E-state index contributed by atoms with van der Waals surface area (Å²) in [5.41, 5.74) is 0. The second-order valence-electron chi connectivity index (χ2n) is 7.38. The summed E-state index contributed by atoms with van der Waals surface area (Å²) < 4.78 is 30.3. The lowest BCUT2D eigenvalue weighted by molar-refractivity contribution is -0.235. The van der Waals surface area contributed by atoms with Crippen molar-refractivity contribution in [2.24, 2.45) is 5.92 Å². The highest BCUT2D eigenvalue weighted by molar-refractivity contribution is 5.18. The summed E-state index contributed by atoms with van der Waals surface area (Å²) in [4.78, 5) is 0. The second kappa shape index (κ2) is 4.89. The van der Waals surface area contributed by atoms with Gasteiger partial charge >= 0.3 is 0 Å². The fraction of sp³-hybridized carbons (Fsp3) is 0.765. The van der Waals surface area contributed by atoms with Crippen LogP contribution in [0.2, 0.25) is 0 Å². The summed E-state index contributed by atoms with van der Waals surface area (Å²) in [7, 11) is 0. The van der Waals surface area contributed by atoms with Gasteiger partial charge in [0.2, 0.25) is 0 Å².